The second kappa shape index (κ2) is 6.76. The predicted molar refractivity (Wildman–Crippen MR) is 75.0 cm³/mol. The lowest BCUT2D eigenvalue weighted by Crippen LogP contribution is -2.05. The van der Waals surface area contributed by atoms with Crippen LogP contribution in [-0.4, -0.2) is 6.21 Å². The van der Waals surface area contributed by atoms with E-state index in [2.05, 4.69) is 5.16 Å². The van der Waals surface area contributed by atoms with Crippen LogP contribution in [0.5, 0.6) is 0 Å². The van der Waals surface area contributed by atoms with Gasteiger partial charge in [0.2, 0.25) is 0 Å². The van der Waals surface area contributed by atoms with Crippen molar-refractivity contribution in [2.45, 2.75) is 12.8 Å². The van der Waals surface area contributed by atoms with Gasteiger partial charge < -0.3 is 4.84 Å². The Labute approximate surface area is 125 Å². The van der Waals surface area contributed by atoms with Crippen molar-refractivity contribution < 1.29 is 18.0 Å². The van der Waals surface area contributed by atoms with E-state index in [0.717, 1.165) is 17.7 Å². The number of benzene rings is 2. The minimum absolute atomic E-state index is 0.0588. The molecule has 0 N–H and O–H groups in total. The maximum atomic E-state index is 12.5. The van der Waals surface area contributed by atoms with Crippen LogP contribution in [0.4, 0.5) is 13.2 Å². The molecule has 0 aliphatic heterocycles. The van der Waals surface area contributed by atoms with E-state index < -0.39 is 11.7 Å². The van der Waals surface area contributed by atoms with E-state index in [-0.39, 0.29) is 6.61 Å². The number of rotatable bonds is 4. The molecule has 0 atom stereocenters. The smallest absolute Gasteiger partial charge is 0.391 e. The molecule has 0 radical (unpaired) electrons. The molecule has 6 heteroatoms. The molecule has 2 aromatic rings. The van der Waals surface area contributed by atoms with Gasteiger partial charge in [-0.05, 0) is 35.4 Å². The summed E-state index contributed by atoms with van der Waals surface area (Å²) in [4.78, 5) is 4.98. The summed E-state index contributed by atoms with van der Waals surface area (Å²) in [7, 11) is 0. The molecule has 0 aliphatic rings. The average Bonchev–Trinajstić information content (AvgIpc) is 2.52. The number of hydrogen-bond donors (Lipinski definition) is 0. The highest BCUT2D eigenvalue weighted by Gasteiger charge is 2.30. The van der Waals surface area contributed by atoms with Gasteiger partial charge in [-0.2, -0.15) is 18.4 Å². The SMILES string of the molecule is N#Cc1ccc(C=NOCc2cccc(C(F)(F)F)c2)cc1. The number of nitrogens with zero attached hydrogens (tertiary/aromatic N) is 2. The third-order valence-corrected chi connectivity index (χ3v) is 2.80. The van der Waals surface area contributed by atoms with Crippen molar-refractivity contribution in [1.29, 1.82) is 5.26 Å². The molecular formula is C16H11F3N2O. The lowest BCUT2D eigenvalue weighted by Gasteiger charge is -2.07. The molecule has 3 nitrogen and oxygen atoms in total. The Morgan fingerprint density at radius 3 is 2.50 bits per heavy atom. The first-order valence-corrected chi connectivity index (χ1v) is 6.30. The molecule has 0 bridgehead atoms. The second-order valence-corrected chi connectivity index (χ2v) is 4.44. The van der Waals surface area contributed by atoms with E-state index in [1.165, 1.54) is 18.3 Å². The first-order chi connectivity index (χ1) is 10.5. The molecule has 0 unspecified atom stereocenters. The Kier molecular flexibility index (Phi) is 4.79. The maximum absolute atomic E-state index is 12.5. The van der Waals surface area contributed by atoms with E-state index in [1.54, 1.807) is 24.3 Å². The molecule has 0 aromatic heterocycles. The highest BCUT2D eigenvalue weighted by atomic mass is 19.4. The van der Waals surface area contributed by atoms with Gasteiger partial charge in [0.1, 0.15) is 6.61 Å². The largest absolute Gasteiger partial charge is 0.416 e. The number of halogens is 3. The van der Waals surface area contributed by atoms with Crippen molar-refractivity contribution >= 4 is 6.21 Å². The highest BCUT2D eigenvalue weighted by Crippen LogP contribution is 2.29. The standard InChI is InChI=1S/C16H11F3N2O/c17-16(18,19)15-3-1-2-14(8-15)11-22-21-10-13-6-4-12(9-20)5-7-13/h1-8,10H,11H2. The Balaban J connectivity index is 1.93. The summed E-state index contributed by atoms with van der Waals surface area (Å²) in [6, 6.07) is 13.5. The number of nitriles is 1. The third-order valence-electron chi connectivity index (χ3n) is 2.80. The fourth-order valence-corrected chi connectivity index (χ4v) is 1.69. The summed E-state index contributed by atoms with van der Waals surface area (Å²) in [6.07, 6.45) is -2.95. The number of alkyl halides is 3. The van der Waals surface area contributed by atoms with Gasteiger partial charge in [0, 0.05) is 0 Å². The van der Waals surface area contributed by atoms with Crippen LogP contribution in [0.15, 0.2) is 53.7 Å². The van der Waals surface area contributed by atoms with Crippen molar-refractivity contribution in [3.63, 3.8) is 0 Å². The molecule has 0 fully saturated rings. The molecule has 0 saturated heterocycles. The summed E-state index contributed by atoms with van der Waals surface area (Å²) in [5.74, 6) is 0. The number of hydrogen-bond acceptors (Lipinski definition) is 3. The summed E-state index contributed by atoms with van der Waals surface area (Å²) in [5.41, 5.74) is 0.918. The molecule has 22 heavy (non-hydrogen) atoms. The molecule has 0 amide bonds. The van der Waals surface area contributed by atoms with Crippen LogP contribution in [-0.2, 0) is 17.6 Å². The zero-order valence-electron chi connectivity index (χ0n) is 11.3. The van der Waals surface area contributed by atoms with E-state index in [4.69, 9.17) is 10.1 Å². The summed E-state index contributed by atoms with van der Waals surface area (Å²) in [6.45, 7) is -0.0588. The van der Waals surface area contributed by atoms with Gasteiger partial charge >= 0.3 is 6.18 Å². The molecular weight excluding hydrogens is 293 g/mol. The maximum Gasteiger partial charge on any atom is 0.416 e. The van der Waals surface area contributed by atoms with Crippen LogP contribution in [0.25, 0.3) is 0 Å². The van der Waals surface area contributed by atoms with Gasteiger partial charge in [-0.15, -0.1) is 0 Å². The molecule has 0 aliphatic carbocycles. The Morgan fingerprint density at radius 1 is 1.14 bits per heavy atom. The fourth-order valence-electron chi connectivity index (χ4n) is 1.69. The normalized spacial score (nSPS) is 11.4. The van der Waals surface area contributed by atoms with Crippen LogP contribution in [0.3, 0.4) is 0 Å². The lowest BCUT2D eigenvalue weighted by molar-refractivity contribution is -0.137. The molecule has 112 valence electrons. The topological polar surface area (TPSA) is 45.4 Å². The first-order valence-electron chi connectivity index (χ1n) is 6.30. The molecule has 2 aromatic carbocycles. The average molecular weight is 304 g/mol. The quantitative estimate of drug-likeness (QED) is 0.630. The van der Waals surface area contributed by atoms with E-state index in [1.807, 2.05) is 6.07 Å². The minimum atomic E-state index is -4.37. The monoisotopic (exact) mass is 304 g/mol. The van der Waals surface area contributed by atoms with Crippen LogP contribution in [0, 0.1) is 11.3 Å². The van der Waals surface area contributed by atoms with Crippen molar-refractivity contribution in [2.24, 2.45) is 5.16 Å². The van der Waals surface area contributed by atoms with Crippen LogP contribution in [0.1, 0.15) is 22.3 Å². The van der Waals surface area contributed by atoms with Crippen LogP contribution >= 0.6 is 0 Å². The van der Waals surface area contributed by atoms with Gasteiger partial charge in [0.15, 0.2) is 0 Å². The number of oxime groups is 1. The summed E-state index contributed by atoms with van der Waals surface area (Å²) < 4.78 is 37.6. The third kappa shape index (κ3) is 4.35. The minimum Gasteiger partial charge on any atom is -0.391 e. The van der Waals surface area contributed by atoms with Crippen molar-refractivity contribution in [2.75, 3.05) is 0 Å². The first kappa shape index (κ1) is 15.6. The molecule has 0 heterocycles. The zero-order chi connectivity index (χ0) is 16.0. The second-order valence-electron chi connectivity index (χ2n) is 4.44. The van der Waals surface area contributed by atoms with E-state index in [0.29, 0.717) is 11.1 Å². The lowest BCUT2D eigenvalue weighted by atomic mass is 10.1. The van der Waals surface area contributed by atoms with Crippen LogP contribution in [0.2, 0.25) is 0 Å². The van der Waals surface area contributed by atoms with Crippen molar-refractivity contribution in [3.8, 4) is 6.07 Å². The Morgan fingerprint density at radius 2 is 1.86 bits per heavy atom. The van der Waals surface area contributed by atoms with Gasteiger partial charge in [-0.25, -0.2) is 0 Å². The van der Waals surface area contributed by atoms with Gasteiger partial charge in [-0.3, -0.25) is 0 Å². The van der Waals surface area contributed by atoms with Crippen LogP contribution < -0.4 is 0 Å². The summed E-state index contributed by atoms with van der Waals surface area (Å²) >= 11 is 0. The fraction of sp³-hybridized carbons (Fsp3) is 0.125. The van der Waals surface area contributed by atoms with Gasteiger partial charge in [-0.1, -0.05) is 29.4 Å². The summed E-state index contributed by atoms with van der Waals surface area (Å²) in [5, 5.41) is 12.4. The van der Waals surface area contributed by atoms with Gasteiger partial charge in [0.05, 0.1) is 23.4 Å². The highest BCUT2D eigenvalue weighted by molar-refractivity contribution is 5.79. The van der Waals surface area contributed by atoms with Crippen molar-refractivity contribution in [3.05, 3.63) is 70.8 Å². The molecule has 0 spiro atoms. The Bertz CT molecular complexity index is 701. The van der Waals surface area contributed by atoms with E-state index in [9.17, 15) is 13.2 Å². The Hall–Kier alpha value is -2.81. The van der Waals surface area contributed by atoms with Crippen molar-refractivity contribution in [1.82, 2.24) is 0 Å². The van der Waals surface area contributed by atoms with E-state index >= 15 is 0 Å². The van der Waals surface area contributed by atoms with Gasteiger partial charge in [0.25, 0.3) is 0 Å². The predicted octanol–water partition coefficient (Wildman–Crippen LogP) is 4.13. The zero-order valence-corrected chi connectivity index (χ0v) is 11.3. The molecule has 2 rings (SSSR count). The molecule has 0 saturated carbocycles.